The van der Waals surface area contributed by atoms with E-state index in [4.69, 9.17) is 10.7 Å². The van der Waals surface area contributed by atoms with E-state index in [9.17, 15) is 9.65 Å². The van der Waals surface area contributed by atoms with E-state index < -0.39 is 5.67 Å². The van der Waals surface area contributed by atoms with Crippen molar-refractivity contribution in [2.45, 2.75) is 25.4 Å². The second-order valence-electron chi connectivity index (χ2n) is 8.63. The highest BCUT2D eigenvalue weighted by atomic mass is 19.1. The fraction of sp³-hybridized carbons (Fsp3) is 0.320. The van der Waals surface area contributed by atoms with Gasteiger partial charge in [0.15, 0.2) is 0 Å². The van der Waals surface area contributed by atoms with Crippen molar-refractivity contribution in [3.8, 4) is 28.3 Å². The molecule has 1 fully saturated rings. The number of halogens is 2. The topological polar surface area (TPSA) is 90.9 Å². The van der Waals surface area contributed by atoms with Gasteiger partial charge in [0.05, 0.1) is 23.5 Å². The Labute approximate surface area is 191 Å². The van der Waals surface area contributed by atoms with Crippen molar-refractivity contribution in [2.75, 3.05) is 36.4 Å². The maximum absolute atomic E-state index is 15.2. The second-order valence-corrected chi connectivity index (χ2v) is 8.63. The molecule has 5 rings (SSSR count). The molecule has 0 spiro atoms. The highest BCUT2D eigenvalue weighted by Gasteiger charge is 2.40. The van der Waals surface area contributed by atoms with E-state index >= 15 is 4.39 Å². The third kappa shape index (κ3) is 3.58. The Kier molecular flexibility index (Phi) is 5.22. The summed E-state index contributed by atoms with van der Waals surface area (Å²) in [5.74, 6) is -0.342. The fourth-order valence-corrected chi connectivity index (χ4v) is 4.90. The van der Waals surface area contributed by atoms with Crippen molar-refractivity contribution in [1.29, 1.82) is 5.26 Å². The molecule has 0 saturated carbocycles. The molecular weight excluding hydrogens is 422 g/mol. The first-order chi connectivity index (χ1) is 16.0. The van der Waals surface area contributed by atoms with Gasteiger partial charge in [0.2, 0.25) is 0 Å². The lowest BCUT2D eigenvalue weighted by Crippen LogP contribution is -2.36. The highest BCUT2D eigenvalue weighted by molar-refractivity contribution is 5.96. The van der Waals surface area contributed by atoms with Crippen LogP contribution < -0.4 is 16.0 Å². The van der Waals surface area contributed by atoms with Gasteiger partial charge in [-0.05, 0) is 36.2 Å². The van der Waals surface area contributed by atoms with Crippen molar-refractivity contribution in [3.05, 3.63) is 59.4 Å². The van der Waals surface area contributed by atoms with Gasteiger partial charge in [-0.15, -0.1) is 0 Å². The van der Waals surface area contributed by atoms with Gasteiger partial charge >= 0.3 is 0 Å². The Morgan fingerprint density at radius 3 is 2.82 bits per heavy atom. The van der Waals surface area contributed by atoms with Crippen LogP contribution in [0.2, 0.25) is 0 Å². The summed E-state index contributed by atoms with van der Waals surface area (Å²) in [4.78, 5) is 10.9. The summed E-state index contributed by atoms with van der Waals surface area (Å²) in [6.07, 6.45) is 5.79. The number of rotatable bonds is 5. The number of nitrogens with zero attached hydrogens (tertiary/aromatic N) is 4. The molecule has 3 aromatic rings. The Bertz CT molecular complexity index is 1280. The smallest absolute Gasteiger partial charge is 0.142 e. The molecule has 2 aromatic heterocycles. The van der Waals surface area contributed by atoms with E-state index in [1.165, 1.54) is 18.3 Å². The second kappa shape index (κ2) is 8.09. The number of anilines is 2. The number of nitrogens with two attached hydrogens (primary N) is 1. The molecular formula is C25H24F2N6. The fourth-order valence-electron chi connectivity index (χ4n) is 4.90. The maximum Gasteiger partial charge on any atom is 0.142 e. The van der Waals surface area contributed by atoms with Crippen molar-refractivity contribution >= 4 is 11.4 Å². The summed E-state index contributed by atoms with van der Waals surface area (Å²) in [6, 6.07) is 6.89. The van der Waals surface area contributed by atoms with E-state index in [1.54, 1.807) is 18.5 Å². The predicted octanol–water partition coefficient (Wildman–Crippen LogP) is 4.03. The first-order valence-electron chi connectivity index (χ1n) is 11.0. The number of hydrogen-bond donors (Lipinski definition) is 2. The summed E-state index contributed by atoms with van der Waals surface area (Å²) >= 11 is 0. The van der Waals surface area contributed by atoms with E-state index in [0.29, 0.717) is 37.1 Å². The first-order valence-corrected chi connectivity index (χ1v) is 11.0. The highest BCUT2D eigenvalue weighted by Crippen LogP contribution is 2.49. The van der Waals surface area contributed by atoms with E-state index in [2.05, 4.69) is 16.4 Å². The van der Waals surface area contributed by atoms with Gasteiger partial charge < -0.3 is 16.0 Å². The van der Waals surface area contributed by atoms with Crippen LogP contribution in [0.5, 0.6) is 0 Å². The van der Waals surface area contributed by atoms with Crippen molar-refractivity contribution in [2.24, 2.45) is 5.73 Å². The maximum atomic E-state index is 15.2. The molecule has 0 radical (unpaired) electrons. The number of fused-ring (bicyclic) bond motifs is 3. The molecule has 3 N–H and O–H groups in total. The average molecular weight is 447 g/mol. The van der Waals surface area contributed by atoms with Crippen molar-refractivity contribution < 1.29 is 8.78 Å². The lowest BCUT2D eigenvalue weighted by atomic mass is 9.97. The molecule has 6 nitrogen and oxygen atoms in total. The van der Waals surface area contributed by atoms with Crippen LogP contribution in [-0.2, 0) is 6.42 Å². The number of nitrogens with one attached hydrogen (secondary N) is 1. The van der Waals surface area contributed by atoms with Crippen LogP contribution in [0.4, 0.5) is 20.2 Å². The molecule has 1 aromatic carbocycles. The summed E-state index contributed by atoms with van der Waals surface area (Å²) in [5, 5.41) is 12.6. The minimum absolute atomic E-state index is 0.0621. The van der Waals surface area contributed by atoms with Gasteiger partial charge in [0.1, 0.15) is 17.6 Å². The minimum Gasteiger partial charge on any atom is -0.385 e. The summed E-state index contributed by atoms with van der Waals surface area (Å²) in [6.45, 7) is 3.19. The Hall–Kier alpha value is -3.57. The lowest BCUT2D eigenvalue weighted by Gasteiger charge is -2.26. The standard InChI is InChI=1S/C25H24F2N6/c1-2-31-21-7-17(26)6-19-18(21)8-22-23(19)24(33-4-3-25(27,13-29)14-33)20(12-32-22)16-5-15(9-28)10-30-11-16/h5-7,10-12,31H,2-4,8,13-14,29H2,1H3. The van der Waals surface area contributed by atoms with E-state index in [-0.39, 0.29) is 18.9 Å². The Balaban J connectivity index is 1.76. The Morgan fingerprint density at radius 1 is 1.24 bits per heavy atom. The molecule has 1 atom stereocenters. The average Bonchev–Trinajstić information content (AvgIpc) is 3.40. The third-order valence-electron chi connectivity index (χ3n) is 6.49. The molecule has 1 aliphatic carbocycles. The molecule has 0 amide bonds. The van der Waals surface area contributed by atoms with Crippen LogP contribution in [0.1, 0.15) is 30.2 Å². The van der Waals surface area contributed by atoms with Crippen LogP contribution in [0.25, 0.3) is 22.3 Å². The van der Waals surface area contributed by atoms with Gasteiger partial charge in [-0.1, -0.05) is 0 Å². The molecule has 33 heavy (non-hydrogen) atoms. The van der Waals surface area contributed by atoms with E-state index in [0.717, 1.165) is 39.3 Å². The minimum atomic E-state index is -1.49. The molecule has 1 saturated heterocycles. The molecule has 1 unspecified atom stereocenters. The number of hydrogen-bond acceptors (Lipinski definition) is 6. The molecule has 168 valence electrons. The largest absolute Gasteiger partial charge is 0.385 e. The SMILES string of the molecule is CCNc1cc(F)cc2c1Cc1ncc(-c3cncc(C#N)c3)c(N3CCC(F)(CN)C3)c1-2. The number of aromatic nitrogens is 2. The quantitative estimate of drug-likeness (QED) is 0.481. The zero-order chi connectivity index (χ0) is 23.2. The van der Waals surface area contributed by atoms with Crippen molar-refractivity contribution in [3.63, 3.8) is 0 Å². The molecule has 8 heteroatoms. The van der Waals surface area contributed by atoms with E-state index in [1.807, 2.05) is 11.8 Å². The number of nitriles is 1. The van der Waals surface area contributed by atoms with Crippen LogP contribution in [0.15, 0.2) is 36.8 Å². The lowest BCUT2D eigenvalue weighted by molar-refractivity contribution is 0.204. The normalized spacial score (nSPS) is 18.7. The molecule has 3 heterocycles. The van der Waals surface area contributed by atoms with Gasteiger partial charge in [-0.2, -0.15) is 5.26 Å². The third-order valence-corrected chi connectivity index (χ3v) is 6.49. The number of alkyl halides is 1. The van der Waals surface area contributed by atoms with Crippen LogP contribution in [0.3, 0.4) is 0 Å². The zero-order valence-corrected chi connectivity index (χ0v) is 18.3. The van der Waals surface area contributed by atoms with Crippen molar-refractivity contribution in [1.82, 2.24) is 9.97 Å². The van der Waals surface area contributed by atoms with Crippen LogP contribution in [0, 0.1) is 17.1 Å². The molecule has 1 aliphatic heterocycles. The molecule has 2 aliphatic rings. The van der Waals surface area contributed by atoms with Gasteiger partial charge in [0, 0.05) is 73.4 Å². The zero-order valence-electron chi connectivity index (χ0n) is 18.3. The predicted molar refractivity (Wildman–Crippen MR) is 124 cm³/mol. The summed E-state index contributed by atoms with van der Waals surface area (Å²) < 4.78 is 29.9. The summed E-state index contributed by atoms with van der Waals surface area (Å²) in [5.41, 5.74) is 11.0. The Morgan fingerprint density at radius 2 is 2.09 bits per heavy atom. The van der Waals surface area contributed by atoms with Crippen LogP contribution in [-0.4, -0.2) is 41.8 Å². The van der Waals surface area contributed by atoms with Crippen LogP contribution >= 0.6 is 0 Å². The van der Waals surface area contributed by atoms with Gasteiger partial charge in [-0.25, -0.2) is 8.78 Å². The first kappa shape index (κ1) is 21.3. The molecule has 0 bridgehead atoms. The summed E-state index contributed by atoms with van der Waals surface area (Å²) in [7, 11) is 0. The van der Waals surface area contributed by atoms with Gasteiger partial charge in [0.25, 0.3) is 0 Å². The number of pyridine rings is 2. The van der Waals surface area contributed by atoms with Gasteiger partial charge in [-0.3, -0.25) is 9.97 Å². The monoisotopic (exact) mass is 446 g/mol. The number of benzene rings is 1.